The summed E-state index contributed by atoms with van der Waals surface area (Å²) in [5.74, 6) is 5.18. The summed E-state index contributed by atoms with van der Waals surface area (Å²) in [4.78, 5) is 0. The fraction of sp³-hybridized carbons (Fsp3) is 0. The van der Waals surface area contributed by atoms with Gasteiger partial charge in [0.25, 0.3) is 0 Å². The molecule has 0 radical (unpaired) electrons. The molecule has 0 atom stereocenters. The van der Waals surface area contributed by atoms with E-state index in [4.69, 9.17) is 12.8 Å². The summed E-state index contributed by atoms with van der Waals surface area (Å²) in [7, 11) is 0. The molecule has 0 fully saturated rings. The Balaban J connectivity index is 2.34. The van der Waals surface area contributed by atoms with E-state index in [9.17, 15) is 0 Å². The zero-order chi connectivity index (χ0) is 12.1. The van der Waals surface area contributed by atoms with Crippen molar-refractivity contribution >= 4 is 11.4 Å². The van der Waals surface area contributed by atoms with Gasteiger partial charge >= 0.3 is 0 Å². The SMILES string of the molecule is C#Cc1cc(C#C)cc(Nc2ccccc2)c1. The molecular weight excluding hydrogens is 206 g/mol. The lowest BCUT2D eigenvalue weighted by molar-refractivity contribution is 1.52. The lowest BCUT2D eigenvalue weighted by atomic mass is 10.1. The van der Waals surface area contributed by atoms with Crippen LogP contribution in [0.25, 0.3) is 0 Å². The van der Waals surface area contributed by atoms with E-state index in [0.717, 1.165) is 22.5 Å². The van der Waals surface area contributed by atoms with Crippen molar-refractivity contribution in [2.45, 2.75) is 0 Å². The Morgan fingerprint density at radius 3 is 1.88 bits per heavy atom. The van der Waals surface area contributed by atoms with Gasteiger partial charge in [0.1, 0.15) is 0 Å². The number of hydrogen-bond acceptors (Lipinski definition) is 1. The fourth-order valence-corrected chi connectivity index (χ4v) is 1.55. The fourth-order valence-electron chi connectivity index (χ4n) is 1.55. The van der Waals surface area contributed by atoms with Crippen LogP contribution in [0.3, 0.4) is 0 Å². The number of benzene rings is 2. The van der Waals surface area contributed by atoms with Crippen LogP contribution in [0, 0.1) is 24.7 Å². The Kier molecular flexibility index (Phi) is 3.15. The number of hydrogen-bond donors (Lipinski definition) is 1. The highest BCUT2D eigenvalue weighted by molar-refractivity contribution is 5.64. The van der Waals surface area contributed by atoms with Crippen molar-refractivity contribution in [3.8, 4) is 24.7 Å². The maximum Gasteiger partial charge on any atom is 0.0409 e. The lowest BCUT2D eigenvalue weighted by Crippen LogP contribution is -1.91. The quantitative estimate of drug-likeness (QED) is 0.760. The van der Waals surface area contributed by atoms with E-state index < -0.39 is 0 Å². The topological polar surface area (TPSA) is 12.0 Å². The van der Waals surface area contributed by atoms with Crippen LogP contribution >= 0.6 is 0 Å². The van der Waals surface area contributed by atoms with Crippen molar-refractivity contribution in [1.29, 1.82) is 0 Å². The summed E-state index contributed by atoms with van der Waals surface area (Å²) >= 11 is 0. The minimum absolute atomic E-state index is 0.777. The van der Waals surface area contributed by atoms with Gasteiger partial charge in [-0.15, -0.1) is 12.8 Å². The molecule has 17 heavy (non-hydrogen) atoms. The first kappa shape index (κ1) is 10.9. The Morgan fingerprint density at radius 1 is 0.765 bits per heavy atom. The second-order valence-corrected chi connectivity index (χ2v) is 3.58. The van der Waals surface area contributed by atoms with E-state index in [1.54, 1.807) is 0 Å². The minimum Gasteiger partial charge on any atom is -0.355 e. The van der Waals surface area contributed by atoms with Crippen LogP contribution in [0.15, 0.2) is 48.5 Å². The van der Waals surface area contributed by atoms with Gasteiger partial charge in [0, 0.05) is 22.5 Å². The van der Waals surface area contributed by atoms with Crippen LogP contribution in [0.5, 0.6) is 0 Å². The molecular formula is C16H11N. The Hall–Kier alpha value is -2.64. The average Bonchev–Trinajstić information content (AvgIpc) is 2.39. The third-order valence-corrected chi connectivity index (χ3v) is 2.33. The molecule has 2 rings (SSSR count). The molecule has 0 saturated heterocycles. The molecule has 0 aromatic heterocycles. The average molecular weight is 217 g/mol. The summed E-state index contributed by atoms with van der Waals surface area (Å²) in [5, 5.41) is 3.26. The van der Waals surface area contributed by atoms with Gasteiger partial charge in [0.15, 0.2) is 0 Å². The summed E-state index contributed by atoms with van der Waals surface area (Å²) in [6, 6.07) is 15.5. The van der Waals surface area contributed by atoms with E-state index in [1.807, 2.05) is 48.5 Å². The summed E-state index contributed by atoms with van der Waals surface area (Å²) in [6.07, 6.45) is 10.8. The maximum absolute atomic E-state index is 5.39. The maximum atomic E-state index is 5.39. The van der Waals surface area contributed by atoms with Gasteiger partial charge in [-0.3, -0.25) is 0 Å². The van der Waals surface area contributed by atoms with Crippen molar-refractivity contribution in [2.75, 3.05) is 5.32 Å². The molecule has 0 spiro atoms. The van der Waals surface area contributed by atoms with Crippen LogP contribution in [0.1, 0.15) is 11.1 Å². The van der Waals surface area contributed by atoms with Gasteiger partial charge in [-0.1, -0.05) is 30.0 Å². The van der Waals surface area contributed by atoms with Crippen molar-refractivity contribution in [3.63, 3.8) is 0 Å². The lowest BCUT2D eigenvalue weighted by Gasteiger charge is -2.07. The first-order valence-corrected chi connectivity index (χ1v) is 5.22. The van der Waals surface area contributed by atoms with Gasteiger partial charge in [0.05, 0.1) is 0 Å². The summed E-state index contributed by atoms with van der Waals surface area (Å²) < 4.78 is 0. The number of anilines is 2. The number of terminal acetylenes is 2. The van der Waals surface area contributed by atoms with Crippen LogP contribution in [0.4, 0.5) is 11.4 Å². The van der Waals surface area contributed by atoms with Gasteiger partial charge in [-0.05, 0) is 30.3 Å². The second kappa shape index (κ2) is 4.92. The minimum atomic E-state index is 0.777. The molecule has 0 amide bonds. The molecule has 0 aliphatic heterocycles. The Bertz CT molecular complexity index is 565. The van der Waals surface area contributed by atoms with Crippen molar-refractivity contribution < 1.29 is 0 Å². The van der Waals surface area contributed by atoms with Crippen LogP contribution in [0.2, 0.25) is 0 Å². The van der Waals surface area contributed by atoms with E-state index in [1.165, 1.54) is 0 Å². The smallest absolute Gasteiger partial charge is 0.0409 e. The molecule has 1 nitrogen and oxygen atoms in total. The number of para-hydroxylation sites is 1. The van der Waals surface area contributed by atoms with E-state index in [0.29, 0.717) is 0 Å². The third-order valence-electron chi connectivity index (χ3n) is 2.33. The summed E-state index contributed by atoms with van der Waals surface area (Å²) in [6.45, 7) is 0. The molecule has 2 aromatic carbocycles. The van der Waals surface area contributed by atoms with E-state index >= 15 is 0 Å². The second-order valence-electron chi connectivity index (χ2n) is 3.58. The molecule has 80 valence electrons. The van der Waals surface area contributed by atoms with Crippen LogP contribution in [-0.2, 0) is 0 Å². The van der Waals surface area contributed by atoms with Gasteiger partial charge in [-0.25, -0.2) is 0 Å². The zero-order valence-electron chi connectivity index (χ0n) is 9.27. The van der Waals surface area contributed by atoms with E-state index in [-0.39, 0.29) is 0 Å². The van der Waals surface area contributed by atoms with Gasteiger partial charge in [-0.2, -0.15) is 0 Å². The van der Waals surface area contributed by atoms with Gasteiger partial charge < -0.3 is 5.32 Å². The highest BCUT2D eigenvalue weighted by Gasteiger charge is 1.98. The normalized spacial score (nSPS) is 9.06. The molecule has 1 heteroatoms. The van der Waals surface area contributed by atoms with E-state index in [2.05, 4.69) is 17.2 Å². The predicted molar refractivity (Wildman–Crippen MR) is 72.0 cm³/mol. The molecule has 0 bridgehead atoms. The predicted octanol–water partition coefficient (Wildman–Crippen LogP) is 3.39. The van der Waals surface area contributed by atoms with Crippen molar-refractivity contribution in [1.82, 2.24) is 0 Å². The highest BCUT2D eigenvalue weighted by atomic mass is 14.9. The molecule has 0 saturated carbocycles. The summed E-state index contributed by atoms with van der Waals surface area (Å²) in [5.41, 5.74) is 3.46. The van der Waals surface area contributed by atoms with Crippen molar-refractivity contribution in [2.24, 2.45) is 0 Å². The highest BCUT2D eigenvalue weighted by Crippen LogP contribution is 2.19. The number of rotatable bonds is 2. The van der Waals surface area contributed by atoms with Crippen molar-refractivity contribution in [3.05, 3.63) is 59.7 Å². The standard InChI is InChI=1S/C16H11N/c1-3-13-10-14(4-2)12-16(11-13)17-15-8-6-5-7-9-15/h1-2,5-12,17H. The van der Waals surface area contributed by atoms with Crippen LogP contribution in [-0.4, -0.2) is 0 Å². The Morgan fingerprint density at radius 2 is 1.35 bits per heavy atom. The molecule has 0 heterocycles. The zero-order valence-corrected chi connectivity index (χ0v) is 9.27. The third kappa shape index (κ3) is 2.68. The largest absolute Gasteiger partial charge is 0.355 e. The molecule has 2 aromatic rings. The molecule has 0 aliphatic rings. The molecule has 0 unspecified atom stereocenters. The first-order valence-electron chi connectivity index (χ1n) is 5.22. The molecule has 1 N–H and O–H groups in total. The first-order chi connectivity index (χ1) is 8.31. The van der Waals surface area contributed by atoms with Crippen LogP contribution < -0.4 is 5.32 Å². The Labute approximate surface area is 101 Å². The monoisotopic (exact) mass is 217 g/mol. The number of nitrogens with one attached hydrogen (secondary N) is 1. The van der Waals surface area contributed by atoms with Gasteiger partial charge in [0.2, 0.25) is 0 Å². The molecule has 0 aliphatic carbocycles.